The number of benzene rings is 1. The maximum atomic E-state index is 13.8. The third-order valence-electron chi connectivity index (χ3n) is 4.03. The molecule has 25 heavy (non-hydrogen) atoms. The van der Waals surface area contributed by atoms with Gasteiger partial charge in [-0.15, -0.1) is 10.2 Å². The van der Waals surface area contributed by atoms with E-state index < -0.39 is 17.7 Å². The smallest absolute Gasteiger partial charge is 0.241 e. The summed E-state index contributed by atoms with van der Waals surface area (Å²) in [6.45, 7) is 4.74. The SMILES string of the molecule is CC(C)c1nnc([C@H]2COCCN2C(=O)Cc2cc(F)ccc2F)o1. The first kappa shape index (κ1) is 17.5. The summed E-state index contributed by atoms with van der Waals surface area (Å²) in [5.41, 5.74) is 0.0173. The van der Waals surface area contributed by atoms with Crippen LogP contribution in [0.2, 0.25) is 0 Å². The Morgan fingerprint density at radius 1 is 1.36 bits per heavy atom. The van der Waals surface area contributed by atoms with Crippen molar-refractivity contribution in [3.8, 4) is 0 Å². The number of aromatic nitrogens is 2. The number of hydrogen-bond acceptors (Lipinski definition) is 5. The van der Waals surface area contributed by atoms with Gasteiger partial charge in [-0.3, -0.25) is 4.79 Å². The molecule has 6 nitrogen and oxygen atoms in total. The van der Waals surface area contributed by atoms with Gasteiger partial charge in [-0.25, -0.2) is 8.78 Å². The lowest BCUT2D eigenvalue weighted by atomic mass is 10.1. The zero-order chi connectivity index (χ0) is 18.0. The minimum atomic E-state index is -0.612. The van der Waals surface area contributed by atoms with Gasteiger partial charge in [-0.1, -0.05) is 13.8 Å². The molecule has 1 aliphatic heterocycles. The van der Waals surface area contributed by atoms with Crippen LogP contribution >= 0.6 is 0 Å². The summed E-state index contributed by atoms with van der Waals surface area (Å²) in [5, 5.41) is 7.98. The number of nitrogens with zero attached hydrogens (tertiary/aromatic N) is 3. The zero-order valence-corrected chi connectivity index (χ0v) is 14.0. The van der Waals surface area contributed by atoms with Gasteiger partial charge in [0.25, 0.3) is 0 Å². The van der Waals surface area contributed by atoms with E-state index in [0.717, 1.165) is 18.2 Å². The fourth-order valence-corrected chi connectivity index (χ4v) is 2.66. The van der Waals surface area contributed by atoms with Crippen LogP contribution < -0.4 is 0 Å². The van der Waals surface area contributed by atoms with Gasteiger partial charge < -0.3 is 14.1 Å². The van der Waals surface area contributed by atoms with Gasteiger partial charge in [-0.2, -0.15) is 0 Å². The highest BCUT2D eigenvalue weighted by Crippen LogP contribution is 2.26. The minimum Gasteiger partial charge on any atom is -0.423 e. The summed E-state index contributed by atoms with van der Waals surface area (Å²) < 4.78 is 38.2. The Labute approximate surface area is 143 Å². The molecule has 0 spiro atoms. The van der Waals surface area contributed by atoms with E-state index in [2.05, 4.69) is 10.2 Å². The molecule has 0 unspecified atom stereocenters. The predicted molar refractivity (Wildman–Crippen MR) is 83.7 cm³/mol. The average Bonchev–Trinajstić information content (AvgIpc) is 3.08. The van der Waals surface area contributed by atoms with Crippen LogP contribution in [-0.2, 0) is 16.0 Å². The summed E-state index contributed by atoms with van der Waals surface area (Å²) >= 11 is 0. The first-order valence-electron chi connectivity index (χ1n) is 8.10. The first-order chi connectivity index (χ1) is 12.0. The molecule has 134 valence electrons. The molecular weight excluding hydrogens is 332 g/mol. The number of morpholine rings is 1. The third kappa shape index (κ3) is 3.84. The topological polar surface area (TPSA) is 68.5 Å². The number of hydrogen-bond donors (Lipinski definition) is 0. The third-order valence-corrected chi connectivity index (χ3v) is 4.03. The molecular formula is C17H19F2N3O3. The van der Waals surface area contributed by atoms with E-state index in [1.165, 1.54) is 4.90 Å². The molecule has 1 aliphatic rings. The summed E-state index contributed by atoms with van der Waals surface area (Å²) in [6.07, 6.45) is -0.245. The van der Waals surface area contributed by atoms with Crippen LogP contribution in [0.3, 0.4) is 0 Å². The normalized spacial score (nSPS) is 18.0. The molecule has 1 atom stereocenters. The van der Waals surface area contributed by atoms with Crippen molar-refractivity contribution in [2.24, 2.45) is 0 Å². The summed E-state index contributed by atoms with van der Waals surface area (Å²) in [7, 11) is 0. The molecule has 0 radical (unpaired) electrons. The fraction of sp³-hybridized carbons (Fsp3) is 0.471. The van der Waals surface area contributed by atoms with E-state index in [-0.39, 0.29) is 36.3 Å². The van der Waals surface area contributed by atoms with Crippen LogP contribution in [0.5, 0.6) is 0 Å². The second kappa shape index (κ2) is 7.26. The molecule has 2 aromatic rings. The van der Waals surface area contributed by atoms with Gasteiger partial charge in [0.1, 0.15) is 17.7 Å². The van der Waals surface area contributed by atoms with Gasteiger partial charge in [0.2, 0.25) is 17.7 Å². The van der Waals surface area contributed by atoms with Crippen molar-refractivity contribution >= 4 is 5.91 Å². The molecule has 3 rings (SSSR count). The highest BCUT2D eigenvalue weighted by molar-refractivity contribution is 5.79. The van der Waals surface area contributed by atoms with Gasteiger partial charge in [0.05, 0.1) is 19.6 Å². The van der Waals surface area contributed by atoms with Crippen LogP contribution in [0, 0.1) is 11.6 Å². The number of amides is 1. The Morgan fingerprint density at radius 3 is 2.88 bits per heavy atom. The van der Waals surface area contributed by atoms with E-state index >= 15 is 0 Å². The van der Waals surface area contributed by atoms with Crippen molar-refractivity contribution in [3.05, 3.63) is 47.2 Å². The average molecular weight is 351 g/mol. The maximum absolute atomic E-state index is 13.8. The lowest BCUT2D eigenvalue weighted by Gasteiger charge is -2.33. The molecule has 0 bridgehead atoms. The van der Waals surface area contributed by atoms with Crippen molar-refractivity contribution < 1.29 is 22.7 Å². The minimum absolute atomic E-state index is 0.0173. The highest BCUT2D eigenvalue weighted by Gasteiger charge is 2.33. The number of rotatable bonds is 4. The van der Waals surface area contributed by atoms with E-state index in [9.17, 15) is 13.6 Å². The van der Waals surface area contributed by atoms with Gasteiger partial charge >= 0.3 is 0 Å². The Hall–Kier alpha value is -2.35. The molecule has 1 saturated heterocycles. The van der Waals surface area contributed by atoms with Gasteiger partial charge in [0.15, 0.2) is 0 Å². The second-order valence-electron chi connectivity index (χ2n) is 6.22. The molecule has 1 aromatic heterocycles. The Morgan fingerprint density at radius 2 is 2.16 bits per heavy atom. The Bertz CT molecular complexity index is 763. The van der Waals surface area contributed by atoms with E-state index in [1.54, 1.807) is 0 Å². The van der Waals surface area contributed by atoms with Crippen LogP contribution in [0.25, 0.3) is 0 Å². The molecule has 2 heterocycles. The summed E-state index contributed by atoms with van der Waals surface area (Å²) in [5.74, 6) is -0.709. The largest absolute Gasteiger partial charge is 0.423 e. The molecule has 8 heteroatoms. The van der Waals surface area contributed by atoms with Crippen molar-refractivity contribution in [1.82, 2.24) is 15.1 Å². The molecule has 1 amide bonds. The lowest BCUT2D eigenvalue weighted by molar-refractivity contribution is -0.140. The van der Waals surface area contributed by atoms with Crippen LogP contribution in [0.4, 0.5) is 8.78 Å². The van der Waals surface area contributed by atoms with E-state index in [4.69, 9.17) is 9.15 Å². The molecule has 0 aliphatic carbocycles. The number of carbonyl (C=O) groups excluding carboxylic acids is 1. The predicted octanol–water partition coefficient (Wildman–Crippen LogP) is 2.61. The quantitative estimate of drug-likeness (QED) is 0.847. The monoisotopic (exact) mass is 351 g/mol. The molecule has 0 N–H and O–H groups in total. The highest BCUT2D eigenvalue weighted by atomic mass is 19.1. The standard InChI is InChI=1S/C17H19F2N3O3/c1-10(2)16-20-21-17(25-16)14-9-24-6-5-22(14)15(23)8-11-7-12(18)3-4-13(11)19/h3-4,7,10,14H,5-6,8-9H2,1-2H3/t14-/m1/s1. The zero-order valence-electron chi connectivity index (χ0n) is 14.0. The van der Waals surface area contributed by atoms with E-state index in [1.807, 2.05) is 13.8 Å². The van der Waals surface area contributed by atoms with Crippen molar-refractivity contribution in [2.75, 3.05) is 19.8 Å². The van der Waals surface area contributed by atoms with Gasteiger partial charge in [0, 0.05) is 18.0 Å². The summed E-state index contributed by atoms with van der Waals surface area (Å²) in [6, 6.07) is 2.54. The van der Waals surface area contributed by atoms with Gasteiger partial charge in [-0.05, 0) is 18.2 Å². The molecule has 1 fully saturated rings. The number of carbonyl (C=O) groups is 1. The maximum Gasteiger partial charge on any atom is 0.241 e. The van der Waals surface area contributed by atoms with E-state index in [0.29, 0.717) is 19.0 Å². The molecule has 0 saturated carbocycles. The van der Waals surface area contributed by atoms with Crippen molar-refractivity contribution in [1.29, 1.82) is 0 Å². The van der Waals surface area contributed by atoms with Crippen LogP contribution in [0.1, 0.15) is 43.2 Å². The van der Waals surface area contributed by atoms with Crippen molar-refractivity contribution in [2.45, 2.75) is 32.2 Å². The molecule has 1 aromatic carbocycles. The first-order valence-corrected chi connectivity index (χ1v) is 8.10. The Balaban J connectivity index is 1.80. The summed E-state index contributed by atoms with van der Waals surface area (Å²) in [4.78, 5) is 14.2. The van der Waals surface area contributed by atoms with Crippen molar-refractivity contribution in [3.63, 3.8) is 0 Å². The lowest BCUT2D eigenvalue weighted by Crippen LogP contribution is -2.44. The Kier molecular flexibility index (Phi) is 5.08. The fourth-order valence-electron chi connectivity index (χ4n) is 2.66. The van der Waals surface area contributed by atoms with Crippen LogP contribution in [0.15, 0.2) is 22.6 Å². The van der Waals surface area contributed by atoms with Crippen LogP contribution in [-0.4, -0.2) is 40.8 Å². The number of ether oxygens (including phenoxy) is 1. The second-order valence-corrected chi connectivity index (χ2v) is 6.22. The number of halogens is 2.